The largest absolute Gasteiger partial charge is 0.368 e. The minimum Gasteiger partial charge on any atom is -0.368 e. The van der Waals surface area contributed by atoms with Crippen LogP contribution in [0.25, 0.3) is 11.1 Å². The molecule has 1 unspecified atom stereocenters. The van der Waals surface area contributed by atoms with Crippen LogP contribution in [0.5, 0.6) is 0 Å². The number of likely N-dealkylation sites (tertiary alicyclic amines) is 1. The Morgan fingerprint density at radius 1 is 1.14 bits per heavy atom. The molecule has 3 fully saturated rings. The Morgan fingerprint density at radius 3 is 2.36 bits per heavy atom. The summed E-state index contributed by atoms with van der Waals surface area (Å²) in [6, 6.07) is 4.80. The van der Waals surface area contributed by atoms with Crippen LogP contribution >= 0.6 is 0 Å². The highest BCUT2D eigenvalue weighted by Gasteiger charge is 2.62. The molecule has 194 valence electrons. The van der Waals surface area contributed by atoms with Gasteiger partial charge in [0.05, 0.1) is 12.6 Å². The second kappa shape index (κ2) is 9.07. The van der Waals surface area contributed by atoms with Crippen molar-refractivity contribution in [3.8, 4) is 11.1 Å². The summed E-state index contributed by atoms with van der Waals surface area (Å²) in [5.41, 5.74) is -0.808. The first-order chi connectivity index (χ1) is 17.0. The SMILES string of the molecule is O=C(C1CCO1)N1CC2(CC2)[C@H](NS(=O)(=O)C(F)F)[C@@H]1Cc1cccc(-c2cc(F)cc(F)c2)c1F. The van der Waals surface area contributed by atoms with E-state index in [2.05, 4.69) is 4.72 Å². The molecule has 0 aromatic heterocycles. The topological polar surface area (TPSA) is 75.7 Å². The first kappa shape index (κ1) is 25.1. The van der Waals surface area contributed by atoms with Crippen molar-refractivity contribution >= 4 is 15.9 Å². The molecule has 0 radical (unpaired) electrons. The predicted octanol–water partition coefficient (Wildman–Crippen LogP) is 3.60. The van der Waals surface area contributed by atoms with Crippen LogP contribution in [0.1, 0.15) is 24.8 Å². The van der Waals surface area contributed by atoms with Crippen LogP contribution in [-0.4, -0.2) is 56.3 Å². The van der Waals surface area contributed by atoms with Gasteiger partial charge in [0.2, 0.25) is 0 Å². The van der Waals surface area contributed by atoms with Crippen LogP contribution in [0.4, 0.5) is 22.0 Å². The highest BCUT2D eigenvalue weighted by atomic mass is 32.2. The van der Waals surface area contributed by atoms with Crippen LogP contribution in [-0.2, 0) is 26.0 Å². The molecule has 0 bridgehead atoms. The molecular weight excluding hydrogens is 507 g/mol. The fourth-order valence-electron chi connectivity index (χ4n) is 5.18. The number of nitrogens with zero attached hydrogens (tertiary/aromatic N) is 1. The maximum absolute atomic E-state index is 15.6. The molecule has 1 spiro atoms. The number of carbonyl (C=O) groups is 1. The molecule has 1 amide bonds. The lowest BCUT2D eigenvalue weighted by molar-refractivity contribution is -0.157. The van der Waals surface area contributed by atoms with Crippen molar-refractivity contribution in [1.29, 1.82) is 0 Å². The molecule has 1 saturated carbocycles. The quantitative estimate of drug-likeness (QED) is 0.556. The molecule has 2 saturated heterocycles. The van der Waals surface area contributed by atoms with Gasteiger partial charge in [0.15, 0.2) is 0 Å². The van der Waals surface area contributed by atoms with Crippen molar-refractivity contribution in [3.63, 3.8) is 0 Å². The highest BCUT2D eigenvalue weighted by Crippen LogP contribution is 2.56. The zero-order valence-corrected chi connectivity index (χ0v) is 19.7. The van der Waals surface area contributed by atoms with Gasteiger partial charge in [-0.25, -0.2) is 26.3 Å². The lowest BCUT2D eigenvalue weighted by Crippen LogP contribution is -2.53. The Balaban J connectivity index is 1.52. The van der Waals surface area contributed by atoms with Crippen LogP contribution in [0.2, 0.25) is 0 Å². The number of nitrogens with one attached hydrogen (secondary N) is 1. The second-order valence-electron chi connectivity index (χ2n) is 9.59. The number of alkyl halides is 2. The molecule has 1 N–H and O–H groups in total. The maximum atomic E-state index is 15.6. The van der Waals surface area contributed by atoms with Gasteiger partial charge in [0.1, 0.15) is 23.6 Å². The van der Waals surface area contributed by atoms with Gasteiger partial charge in [0.25, 0.3) is 15.9 Å². The molecule has 3 atom stereocenters. The average molecular weight is 531 g/mol. The molecule has 12 heteroatoms. The van der Waals surface area contributed by atoms with Crippen LogP contribution < -0.4 is 4.72 Å². The Morgan fingerprint density at radius 2 is 1.81 bits per heavy atom. The third kappa shape index (κ3) is 4.50. The van der Waals surface area contributed by atoms with E-state index in [1.807, 2.05) is 0 Å². The van der Waals surface area contributed by atoms with E-state index in [1.54, 1.807) is 0 Å². The molecule has 3 aliphatic rings. The van der Waals surface area contributed by atoms with Crippen molar-refractivity contribution < 1.29 is 39.9 Å². The van der Waals surface area contributed by atoms with E-state index >= 15 is 4.39 Å². The molecule has 36 heavy (non-hydrogen) atoms. The van der Waals surface area contributed by atoms with E-state index in [-0.39, 0.29) is 29.7 Å². The Labute approximate surface area is 204 Å². The Hall–Kier alpha value is -2.57. The standard InChI is InChI=1S/C24H23F5N2O4S/c25-15-8-14(9-16(26)11-15)17-3-1-2-13(20(17)27)10-18-21(30-36(33,34)23(28)29)24(5-6-24)12-31(18)22(32)19-4-7-35-19/h1-3,8-9,11,18-19,21,23,30H,4-7,10,12H2/t18-,19?,21+/m0/s1. The molecule has 2 aromatic rings. The van der Waals surface area contributed by atoms with E-state index in [1.165, 1.54) is 23.1 Å². The molecule has 1 aliphatic carbocycles. The number of rotatable bonds is 7. The summed E-state index contributed by atoms with van der Waals surface area (Å²) < 4.78 is 101. The van der Waals surface area contributed by atoms with Gasteiger partial charge in [0, 0.05) is 36.1 Å². The number of benzene rings is 2. The average Bonchev–Trinajstić information content (AvgIpc) is 3.48. The van der Waals surface area contributed by atoms with Crippen molar-refractivity contribution in [2.24, 2.45) is 5.41 Å². The number of sulfonamides is 1. The van der Waals surface area contributed by atoms with Crippen molar-refractivity contribution in [2.45, 2.75) is 49.6 Å². The number of halogens is 5. The number of ether oxygens (including phenoxy) is 1. The van der Waals surface area contributed by atoms with Crippen LogP contribution in [0.15, 0.2) is 36.4 Å². The van der Waals surface area contributed by atoms with Crippen molar-refractivity contribution in [2.75, 3.05) is 13.2 Å². The zero-order chi connectivity index (χ0) is 25.8. The fourth-order valence-corrected chi connectivity index (χ4v) is 6.05. The van der Waals surface area contributed by atoms with Gasteiger partial charge in [-0.1, -0.05) is 18.2 Å². The summed E-state index contributed by atoms with van der Waals surface area (Å²) in [5, 5.41) is 0. The molecule has 6 nitrogen and oxygen atoms in total. The summed E-state index contributed by atoms with van der Waals surface area (Å²) in [4.78, 5) is 14.5. The smallest absolute Gasteiger partial charge is 0.350 e. The number of carbonyl (C=O) groups excluding carboxylic acids is 1. The Kier molecular flexibility index (Phi) is 6.32. The summed E-state index contributed by atoms with van der Waals surface area (Å²) in [6.07, 6.45) is 0.576. The summed E-state index contributed by atoms with van der Waals surface area (Å²) in [6.45, 7) is 0.519. The number of amides is 1. The minimum absolute atomic E-state index is 0.0392. The third-order valence-corrected chi connectivity index (χ3v) is 8.34. The summed E-state index contributed by atoms with van der Waals surface area (Å²) in [7, 11) is -5.00. The van der Waals surface area contributed by atoms with Gasteiger partial charge >= 0.3 is 5.76 Å². The normalized spacial score (nSPS) is 24.8. The molecule has 2 aromatic carbocycles. The van der Waals surface area contributed by atoms with Gasteiger partial charge in [-0.15, -0.1) is 0 Å². The van der Waals surface area contributed by atoms with Gasteiger partial charge in [-0.05, 0) is 42.5 Å². The number of hydrogen-bond donors (Lipinski definition) is 1. The fraction of sp³-hybridized carbons (Fsp3) is 0.458. The van der Waals surface area contributed by atoms with Crippen molar-refractivity contribution in [3.05, 3.63) is 59.4 Å². The lowest BCUT2D eigenvalue weighted by atomic mass is 9.91. The summed E-state index contributed by atoms with van der Waals surface area (Å²) in [5.74, 6) is -6.65. The van der Waals surface area contributed by atoms with E-state index in [0.717, 1.165) is 12.1 Å². The van der Waals surface area contributed by atoms with Crippen LogP contribution in [0, 0.1) is 22.9 Å². The zero-order valence-electron chi connectivity index (χ0n) is 18.9. The van der Waals surface area contributed by atoms with Gasteiger partial charge in [-0.3, -0.25) is 4.79 Å². The van der Waals surface area contributed by atoms with Crippen molar-refractivity contribution in [1.82, 2.24) is 9.62 Å². The molecular formula is C24H23F5N2O4S. The lowest BCUT2D eigenvalue weighted by Gasteiger charge is -2.34. The molecule has 2 aliphatic heterocycles. The Bertz CT molecular complexity index is 1280. The third-order valence-electron chi connectivity index (χ3n) is 7.29. The van der Waals surface area contributed by atoms with Crippen LogP contribution in [0.3, 0.4) is 0 Å². The highest BCUT2D eigenvalue weighted by molar-refractivity contribution is 7.89. The molecule has 5 rings (SSSR count). The first-order valence-electron chi connectivity index (χ1n) is 11.5. The minimum atomic E-state index is -5.00. The van der Waals surface area contributed by atoms with E-state index in [0.29, 0.717) is 31.9 Å². The van der Waals surface area contributed by atoms with E-state index in [4.69, 9.17) is 4.74 Å². The molecule has 2 heterocycles. The second-order valence-corrected chi connectivity index (χ2v) is 11.3. The van der Waals surface area contributed by atoms with Gasteiger partial charge in [-0.2, -0.15) is 8.78 Å². The van der Waals surface area contributed by atoms with Gasteiger partial charge < -0.3 is 9.64 Å². The van der Waals surface area contributed by atoms with E-state index < -0.39 is 62.7 Å². The number of hydrogen-bond acceptors (Lipinski definition) is 4. The predicted molar refractivity (Wildman–Crippen MR) is 119 cm³/mol. The first-order valence-corrected chi connectivity index (χ1v) is 13.0. The maximum Gasteiger partial charge on any atom is 0.350 e. The van der Waals surface area contributed by atoms with E-state index in [9.17, 15) is 30.8 Å². The summed E-state index contributed by atoms with van der Waals surface area (Å²) >= 11 is 0. The monoisotopic (exact) mass is 530 g/mol.